The highest BCUT2D eigenvalue weighted by molar-refractivity contribution is 7.17. The first kappa shape index (κ1) is 16.7. The Labute approximate surface area is 146 Å². The third-order valence-electron chi connectivity index (χ3n) is 4.75. The molecule has 0 aliphatic heterocycles. The molecule has 1 aromatic carbocycles. The van der Waals surface area contributed by atoms with E-state index >= 15 is 0 Å². The van der Waals surface area contributed by atoms with E-state index in [1.165, 1.54) is 16.2 Å². The molecule has 3 N–H and O–H groups in total. The number of nitrogens with one attached hydrogen (secondary N) is 1. The Hall–Kier alpha value is -2.14. The molecule has 1 aromatic heterocycles. The lowest BCUT2D eigenvalue weighted by Crippen LogP contribution is -2.20. The number of anilines is 1. The number of carbonyl (C=O) groups is 2. The van der Waals surface area contributed by atoms with Gasteiger partial charge in [0.1, 0.15) is 5.00 Å². The molecule has 126 valence electrons. The summed E-state index contributed by atoms with van der Waals surface area (Å²) in [5.41, 5.74) is 9.93. The Balaban J connectivity index is 1.93. The highest BCUT2D eigenvalue weighted by Gasteiger charge is 2.27. The lowest BCUT2D eigenvalue weighted by molar-refractivity contribution is 0.1000. The summed E-state index contributed by atoms with van der Waals surface area (Å²) in [7, 11) is 0. The molecule has 2 amide bonds. The van der Waals surface area contributed by atoms with Gasteiger partial charge in [-0.2, -0.15) is 0 Å². The van der Waals surface area contributed by atoms with Crippen molar-refractivity contribution in [3.63, 3.8) is 0 Å². The summed E-state index contributed by atoms with van der Waals surface area (Å²) in [6, 6.07) is 5.60. The molecule has 1 aliphatic carbocycles. The zero-order valence-electron chi connectivity index (χ0n) is 14.2. The minimum absolute atomic E-state index is 0.202. The largest absolute Gasteiger partial charge is 0.365 e. The average molecular weight is 342 g/mol. The minimum Gasteiger partial charge on any atom is -0.365 e. The lowest BCUT2D eigenvalue weighted by atomic mass is 9.87. The van der Waals surface area contributed by atoms with Gasteiger partial charge in [0.15, 0.2) is 0 Å². The van der Waals surface area contributed by atoms with Crippen molar-refractivity contribution in [3.05, 3.63) is 50.9 Å². The van der Waals surface area contributed by atoms with Gasteiger partial charge in [0.25, 0.3) is 11.8 Å². The van der Waals surface area contributed by atoms with Crippen molar-refractivity contribution in [2.24, 2.45) is 11.7 Å². The molecule has 0 bridgehead atoms. The summed E-state index contributed by atoms with van der Waals surface area (Å²) in [6.07, 6.45) is 2.90. The smallest absolute Gasteiger partial charge is 0.256 e. The zero-order valence-corrected chi connectivity index (χ0v) is 15.0. The van der Waals surface area contributed by atoms with E-state index in [4.69, 9.17) is 5.73 Å². The second kappa shape index (κ2) is 6.40. The van der Waals surface area contributed by atoms with Gasteiger partial charge in [-0.3, -0.25) is 9.59 Å². The van der Waals surface area contributed by atoms with Crippen molar-refractivity contribution in [2.75, 3.05) is 5.32 Å². The molecule has 0 saturated carbocycles. The molecule has 5 heteroatoms. The van der Waals surface area contributed by atoms with Crippen LogP contribution in [0.4, 0.5) is 5.00 Å². The SMILES string of the molecule is Cc1ccc(C(=O)Nc2sc3c(c2C(N)=O)C[C@@H](C)CC3)cc1C. The number of primary amides is 1. The van der Waals surface area contributed by atoms with Gasteiger partial charge in [0, 0.05) is 10.4 Å². The normalized spacial score (nSPS) is 16.5. The Morgan fingerprint density at radius 1 is 1.25 bits per heavy atom. The van der Waals surface area contributed by atoms with Crippen molar-refractivity contribution >= 4 is 28.2 Å². The van der Waals surface area contributed by atoms with Crippen LogP contribution < -0.4 is 11.1 Å². The molecule has 4 nitrogen and oxygen atoms in total. The Morgan fingerprint density at radius 2 is 2.00 bits per heavy atom. The first-order valence-electron chi connectivity index (χ1n) is 8.19. The molecular weight excluding hydrogens is 320 g/mol. The van der Waals surface area contributed by atoms with Crippen LogP contribution in [-0.4, -0.2) is 11.8 Å². The van der Waals surface area contributed by atoms with Gasteiger partial charge in [-0.25, -0.2) is 0 Å². The Kier molecular flexibility index (Phi) is 4.45. The van der Waals surface area contributed by atoms with Crippen LogP contribution in [0.1, 0.15) is 55.6 Å². The third-order valence-corrected chi connectivity index (χ3v) is 5.96. The Bertz CT molecular complexity index is 823. The van der Waals surface area contributed by atoms with E-state index in [9.17, 15) is 9.59 Å². The molecule has 0 saturated heterocycles. The Morgan fingerprint density at radius 3 is 2.67 bits per heavy atom. The predicted molar refractivity (Wildman–Crippen MR) is 97.9 cm³/mol. The number of rotatable bonds is 3. The molecule has 1 atom stereocenters. The number of nitrogens with two attached hydrogens (primary N) is 1. The summed E-state index contributed by atoms with van der Waals surface area (Å²) < 4.78 is 0. The molecular formula is C19H22N2O2S. The number of amides is 2. The first-order chi connectivity index (χ1) is 11.4. The predicted octanol–water partition coefficient (Wildman–Crippen LogP) is 3.84. The topological polar surface area (TPSA) is 72.2 Å². The van der Waals surface area contributed by atoms with Crippen LogP contribution in [-0.2, 0) is 12.8 Å². The van der Waals surface area contributed by atoms with Crippen molar-refractivity contribution in [1.29, 1.82) is 0 Å². The number of hydrogen-bond acceptors (Lipinski definition) is 3. The van der Waals surface area contributed by atoms with E-state index in [0.29, 0.717) is 22.0 Å². The molecule has 1 aliphatic rings. The van der Waals surface area contributed by atoms with E-state index in [1.807, 2.05) is 26.0 Å². The monoisotopic (exact) mass is 342 g/mol. The van der Waals surface area contributed by atoms with E-state index in [-0.39, 0.29) is 5.91 Å². The second-order valence-corrected chi connectivity index (χ2v) is 7.78. The van der Waals surface area contributed by atoms with E-state index in [1.54, 1.807) is 6.07 Å². The molecule has 0 radical (unpaired) electrons. The highest BCUT2D eigenvalue weighted by Crippen LogP contribution is 2.39. The van der Waals surface area contributed by atoms with Gasteiger partial charge in [0.2, 0.25) is 0 Å². The second-order valence-electron chi connectivity index (χ2n) is 6.67. The minimum atomic E-state index is -0.461. The van der Waals surface area contributed by atoms with Crippen LogP contribution in [0.2, 0.25) is 0 Å². The maximum Gasteiger partial charge on any atom is 0.256 e. The number of aryl methyl sites for hydroxylation is 3. The average Bonchev–Trinajstić information content (AvgIpc) is 2.87. The number of benzene rings is 1. The fourth-order valence-corrected chi connectivity index (χ4v) is 4.41. The van der Waals surface area contributed by atoms with E-state index < -0.39 is 5.91 Å². The van der Waals surface area contributed by atoms with Crippen molar-refractivity contribution in [1.82, 2.24) is 0 Å². The van der Waals surface area contributed by atoms with Crippen LogP contribution in [0.15, 0.2) is 18.2 Å². The summed E-state index contributed by atoms with van der Waals surface area (Å²) in [4.78, 5) is 25.7. The molecule has 2 aromatic rings. The van der Waals surface area contributed by atoms with E-state index in [2.05, 4.69) is 12.2 Å². The van der Waals surface area contributed by atoms with Crippen LogP contribution in [0, 0.1) is 19.8 Å². The van der Waals surface area contributed by atoms with Gasteiger partial charge in [-0.15, -0.1) is 11.3 Å². The fraction of sp³-hybridized carbons (Fsp3) is 0.368. The molecule has 1 heterocycles. The van der Waals surface area contributed by atoms with Gasteiger partial charge in [0.05, 0.1) is 5.56 Å². The number of thiophene rings is 1. The first-order valence-corrected chi connectivity index (χ1v) is 9.01. The lowest BCUT2D eigenvalue weighted by Gasteiger charge is -2.18. The number of hydrogen-bond donors (Lipinski definition) is 2. The highest BCUT2D eigenvalue weighted by atomic mass is 32.1. The van der Waals surface area contributed by atoms with Gasteiger partial charge >= 0.3 is 0 Å². The van der Waals surface area contributed by atoms with Gasteiger partial charge < -0.3 is 11.1 Å². The molecule has 0 fully saturated rings. The van der Waals surface area contributed by atoms with Crippen LogP contribution in [0.3, 0.4) is 0 Å². The summed E-state index contributed by atoms with van der Waals surface area (Å²) in [6.45, 7) is 6.17. The van der Waals surface area contributed by atoms with Gasteiger partial charge in [-0.05, 0) is 67.9 Å². The standard InChI is InChI=1S/C19H22N2O2S/c1-10-4-7-15-14(8-10)16(17(20)22)19(24-15)21-18(23)13-6-5-11(2)12(3)9-13/h5-6,9-10H,4,7-8H2,1-3H3,(H2,20,22)(H,21,23)/t10-/m0/s1. The van der Waals surface area contributed by atoms with Crippen LogP contribution in [0.5, 0.6) is 0 Å². The fourth-order valence-electron chi connectivity index (χ4n) is 3.16. The number of carbonyl (C=O) groups excluding carboxylic acids is 2. The summed E-state index contributed by atoms with van der Waals surface area (Å²) >= 11 is 1.49. The maximum absolute atomic E-state index is 12.6. The van der Waals surface area contributed by atoms with Crippen molar-refractivity contribution < 1.29 is 9.59 Å². The quantitative estimate of drug-likeness (QED) is 0.889. The summed E-state index contributed by atoms with van der Waals surface area (Å²) in [5.74, 6) is -0.127. The molecule has 3 rings (SSSR count). The maximum atomic E-state index is 12.6. The zero-order chi connectivity index (χ0) is 17.4. The van der Waals surface area contributed by atoms with E-state index in [0.717, 1.165) is 36.0 Å². The van der Waals surface area contributed by atoms with Crippen LogP contribution >= 0.6 is 11.3 Å². The van der Waals surface area contributed by atoms with Gasteiger partial charge in [-0.1, -0.05) is 13.0 Å². The third kappa shape index (κ3) is 3.08. The molecule has 0 spiro atoms. The summed E-state index contributed by atoms with van der Waals surface area (Å²) in [5, 5.41) is 3.49. The van der Waals surface area contributed by atoms with Crippen molar-refractivity contribution in [3.8, 4) is 0 Å². The van der Waals surface area contributed by atoms with Crippen molar-refractivity contribution in [2.45, 2.75) is 40.0 Å². The number of fused-ring (bicyclic) bond motifs is 1. The molecule has 24 heavy (non-hydrogen) atoms. The van der Waals surface area contributed by atoms with Crippen LogP contribution in [0.25, 0.3) is 0 Å². The molecule has 0 unspecified atom stereocenters.